The molecule has 0 radical (unpaired) electrons. The van der Waals surface area contributed by atoms with Crippen LogP contribution in [0.25, 0.3) is 12.2 Å². The highest BCUT2D eigenvalue weighted by molar-refractivity contribution is 7.07. The van der Waals surface area contributed by atoms with E-state index < -0.39 is 5.41 Å². The van der Waals surface area contributed by atoms with E-state index in [0.717, 1.165) is 11.1 Å². The van der Waals surface area contributed by atoms with Gasteiger partial charge in [-0.05, 0) is 29.8 Å². The fourth-order valence-corrected chi connectivity index (χ4v) is 3.62. The fourth-order valence-electron chi connectivity index (χ4n) is 2.75. The van der Waals surface area contributed by atoms with Crippen molar-refractivity contribution in [3.05, 3.63) is 84.8 Å². The van der Waals surface area contributed by atoms with Crippen LogP contribution in [0.4, 0.5) is 0 Å². The number of para-hydroxylation sites is 1. The molecule has 0 fully saturated rings. The molecule has 6 nitrogen and oxygen atoms in total. The summed E-state index contributed by atoms with van der Waals surface area (Å²) in [6, 6.07) is 14.4. The molecule has 1 N–H and O–H groups in total. The van der Waals surface area contributed by atoms with E-state index in [4.69, 9.17) is 9.47 Å². The van der Waals surface area contributed by atoms with Gasteiger partial charge in [0, 0.05) is 17.1 Å². The summed E-state index contributed by atoms with van der Waals surface area (Å²) in [5.74, 6) is 0.177. The van der Waals surface area contributed by atoms with Crippen LogP contribution in [0.5, 0.6) is 5.75 Å². The normalized spacial score (nSPS) is 12.6. The summed E-state index contributed by atoms with van der Waals surface area (Å²) in [4.78, 5) is 38.9. The van der Waals surface area contributed by atoms with Gasteiger partial charge in [0.05, 0.1) is 21.9 Å². The van der Waals surface area contributed by atoms with Crippen molar-refractivity contribution in [2.75, 3.05) is 7.11 Å². The second-order valence-electron chi connectivity index (χ2n) is 8.20. The molecule has 1 aromatic heterocycles. The van der Waals surface area contributed by atoms with E-state index in [0.29, 0.717) is 27.1 Å². The van der Waals surface area contributed by atoms with E-state index in [2.05, 4.69) is 4.98 Å². The molecule has 7 heteroatoms. The number of aromatic nitrogens is 1. The van der Waals surface area contributed by atoms with Crippen molar-refractivity contribution >= 4 is 35.2 Å². The SMILES string of the molecule is COC(=O)c1ccc(COc2ccccc2/C=c2\s/c(=C\C(=O)C(C)(C)C)[nH]c2=O)cc1. The molecule has 3 rings (SSSR count). The molecule has 32 heavy (non-hydrogen) atoms. The van der Waals surface area contributed by atoms with Gasteiger partial charge in [0.1, 0.15) is 12.4 Å². The average molecular weight is 452 g/mol. The van der Waals surface area contributed by atoms with Gasteiger partial charge in [0.2, 0.25) is 0 Å². The number of rotatable bonds is 6. The Kier molecular flexibility index (Phi) is 7.10. The highest BCUT2D eigenvalue weighted by atomic mass is 32.1. The number of ketones is 1. The smallest absolute Gasteiger partial charge is 0.337 e. The Bertz CT molecular complexity index is 1290. The van der Waals surface area contributed by atoms with Crippen LogP contribution in [0.3, 0.4) is 0 Å². The van der Waals surface area contributed by atoms with E-state index in [-0.39, 0.29) is 17.3 Å². The maximum atomic E-state index is 12.4. The van der Waals surface area contributed by atoms with Crippen LogP contribution in [-0.2, 0) is 16.1 Å². The number of Topliss-reactive ketones (excluding diaryl/α,β-unsaturated/α-hetero) is 1. The van der Waals surface area contributed by atoms with Gasteiger partial charge in [0.15, 0.2) is 5.78 Å². The van der Waals surface area contributed by atoms with E-state index in [9.17, 15) is 14.4 Å². The standard InChI is InChI=1S/C25H25NO5S/c1-25(2,3)21(27)14-22-26-23(28)20(32-22)13-18-7-5-6-8-19(18)31-15-16-9-11-17(12-10-16)24(29)30-4/h5-14H,15H2,1-4H3,(H,26,28)/b20-13-,22-14-. The predicted octanol–water partition coefficient (Wildman–Crippen LogP) is 3.03. The largest absolute Gasteiger partial charge is 0.488 e. The van der Waals surface area contributed by atoms with Gasteiger partial charge in [-0.25, -0.2) is 4.79 Å². The highest BCUT2D eigenvalue weighted by Crippen LogP contribution is 2.20. The summed E-state index contributed by atoms with van der Waals surface area (Å²) in [6.45, 7) is 5.80. The lowest BCUT2D eigenvalue weighted by atomic mass is 9.91. The van der Waals surface area contributed by atoms with Crippen molar-refractivity contribution in [1.82, 2.24) is 4.98 Å². The number of esters is 1. The summed E-state index contributed by atoms with van der Waals surface area (Å²) in [7, 11) is 1.34. The van der Waals surface area contributed by atoms with Crippen LogP contribution >= 0.6 is 11.3 Å². The number of carbonyl (C=O) groups excluding carboxylic acids is 2. The lowest BCUT2D eigenvalue weighted by Crippen LogP contribution is -2.22. The Balaban J connectivity index is 1.84. The van der Waals surface area contributed by atoms with E-state index in [1.54, 1.807) is 30.3 Å². The summed E-state index contributed by atoms with van der Waals surface area (Å²) in [5, 5.41) is 0. The quantitative estimate of drug-likeness (QED) is 0.583. The molecule has 0 aliphatic carbocycles. The van der Waals surface area contributed by atoms with Crippen LogP contribution in [0.15, 0.2) is 53.3 Å². The molecule has 0 spiro atoms. The zero-order valence-electron chi connectivity index (χ0n) is 18.4. The average Bonchev–Trinajstić information content (AvgIpc) is 3.10. The number of carbonyl (C=O) groups is 2. The first-order valence-corrected chi connectivity index (χ1v) is 10.8. The van der Waals surface area contributed by atoms with E-state index >= 15 is 0 Å². The Morgan fingerprint density at radius 3 is 2.41 bits per heavy atom. The first-order chi connectivity index (χ1) is 15.2. The highest BCUT2D eigenvalue weighted by Gasteiger charge is 2.18. The number of methoxy groups -OCH3 is 1. The maximum Gasteiger partial charge on any atom is 0.337 e. The maximum absolute atomic E-state index is 12.4. The Labute approximate surface area is 189 Å². The van der Waals surface area contributed by atoms with E-state index in [1.807, 2.05) is 45.0 Å². The Morgan fingerprint density at radius 2 is 1.75 bits per heavy atom. The van der Waals surface area contributed by atoms with Crippen LogP contribution < -0.4 is 19.5 Å². The number of hydrogen-bond donors (Lipinski definition) is 1. The number of aromatic amines is 1. The Morgan fingerprint density at radius 1 is 1.06 bits per heavy atom. The van der Waals surface area contributed by atoms with Gasteiger partial charge in [-0.15, -0.1) is 11.3 Å². The number of H-pyrrole nitrogens is 1. The summed E-state index contributed by atoms with van der Waals surface area (Å²) in [6.07, 6.45) is 3.22. The molecule has 0 bridgehead atoms. The van der Waals surface area contributed by atoms with Crippen LogP contribution in [-0.4, -0.2) is 23.8 Å². The minimum absolute atomic E-state index is 0.0523. The third kappa shape index (κ3) is 5.82. The zero-order chi connectivity index (χ0) is 23.3. The van der Waals surface area contributed by atoms with Gasteiger partial charge in [-0.2, -0.15) is 0 Å². The minimum Gasteiger partial charge on any atom is -0.488 e. The van der Waals surface area contributed by atoms with Crippen molar-refractivity contribution in [1.29, 1.82) is 0 Å². The number of thiazole rings is 1. The molecule has 2 aromatic carbocycles. The van der Waals surface area contributed by atoms with Crippen LogP contribution in [0.1, 0.15) is 42.3 Å². The second kappa shape index (κ2) is 9.78. The first kappa shape index (κ1) is 23.2. The first-order valence-electron chi connectivity index (χ1n) is 10.0. The number of benzene rings is 2. The molecular formula is C25H25NO5S. The lowest BCUT2D eigenvalue weighted by molar-refractivity contribution is -0.119. The summed E-state index contributed by atoms with van der Waals surface area (Å²) >= 11 is 1.23. The molecule has 3 aromatic rings. The van der Waals surface area contributed by atoms with Gasteiger partial charge >= 0.3 is 5.97 Å². The topological polar surface area (TPSA) is 85.5 Å². The Hall–Kier alpha value is -3.45. The molecule has 0 saturated heterocycles. The van der Waals surface area contributed by atoms with Crippen molar-refractivity contribution in [3.8, 4) is 5.75 Å². The number of ether oxygens (including phenoxy) is 2. The fraction of sp³-hybridized carbons (Fsp3) is 0.240. The van der Waals surface area contributed by atoms with Gasteiger partial charge < -0.3 is 14.5 Å². The molecule has 0 saturated carbocycles. The molecule has 0 unspecified atom stereocenters. The van der Waals surface area contributed by atoms with Crippen LogP contribution in [0, 0.1) is 5.41 Å². The second-order valence-corrected chi connectivity index (χ2v) is 9.29. The molecule has 1 heterocycles. The third-order valence-corrected chi connectivity index (χ3v) is 5.62. The molecule has 0 aliphatic rings. The van der Waals surface area contributed by atoms with Crippen molar-refractivity contribution in [2.45, 2.75) is 27.4 Å². The van der Waals surface area contributed by atoms with Gasteiger partial charge in [0.25, 0.3) is 5.56 Å². The van der Waals surface area contributed by atoms with Crippen molar-refractivity contribution in [3.63, 3.8) is 0 Å². The van der Waals surface area contributed by atoms with E-state index in [1.165, 1.54) is 24.5 Å². The molecular weight excluding hydrogens is 426 g/mol. The van der Waals surface area contributed by atoms with Crippen molar-refractivity contribution < 1.29 is 19.1 Å². The summed E-state index contributed by atoms with van der Waals surface area (Å²) < 4.78 is 11.7. The zero-order valence-corrected chi connectivity index (χ0v) is 19.2. The van der Waals surface area contributed by atoms with Crippen LogP contribution in [0.2, 0.25) is 0 Å². The third-order valence-electron chi connectivity index (χ3n) is 4.66. The van der Waals surface area contributed by atoms with Gasteiger partial charge in [-0.3, -0.25) is 9.59 Å². The van der Waals surface area contributed by atoms with Crippen molar-refractivity contribution in [2.24, 2.45) is 5.41 Å². The molecule has 0 aliphatic heterocycles. The van der Waals surface area contributed by atoms with Gasteiger partial charge in [-0.1, -0.05) is 51.1 Å². The minimum atomic E-state index is -0.514. The molecule has 0 amide bonds. The predicted molar refractivity (Wildman–Crippen MR) is 125 cm³/mol. The molecule has 166 valence electrons. The summed E-state index contributed by atoms with van der Waals surface area (Å²) in [5.41, 5.74) is 1.34. The lowest BCUT2D eigenvalue weighted by Gasteiger charge is -2.12. The monoisotopic (exact) mass is 451 g/mol. The number of nitrogens with one attached hydrogen (secondary N) is 1. The number of hydrogen-bond acceptors (Lipinski definition) is 6. The molecule has 0 atom stereocenters.